The van der Waals surface area contributed by atoms with Gasteiger partial charge in [0.1, 0.15) is 0 Å². The van der Waals surface area contributed by atoms with Crippen molar-refractivity contribution in [2.24, 2.45) is 0 Å². The van der Waals surface area contributed by atoms with Crippen LogP contribution in [0.2, 0.25) is 0 Å². The smallest absolute Gasteiger partial charge is 0.374 e. The van der Waals surface area contributed by atoms with Crippen LogP contribution in [0.3, 0.4) is 0 Å². The van der Waals surface area contributed by atoms with Crippen LogP contribution < -0.4 is 5.32 Å². The molecule has 0 aliphatic heterocycles. The van der Waals surface area contributed by atoms with Crippen molar-refractivity contribution in [1.82, 2.24) is 5.32 Å². The molecule has 0 heterocycles. The Morgan fingerprint density at radius 2 is 2.00 bits per heavy atom. The number of carbonyl (C=O) groups excluding carboxylic acids is 3. The molecule has 0 saturated carbocycles. The topological polar surface area (TPSA) is 92.7 Å². The normalized spacial score (nSPS) is 9.29. The second-order valence-corrected chi connectivity index (χ2v) is 2.52. The van der Waals surface area contributed by atoms with Crippen LogP contribution in [0, 0.1) is 0 Å². The maximum absolute atomic E-state index is 10.9. The molecule has 0 radical (unpaired) electrons. The van der Waals surface area contributed by atoms with Crippen LogP contribution >= 0.6 is 0 Å². The summed E-state index contributed by atoms with van der Waals surface area (Å²) in [5.41, 5.74) is 0. The highest BCUT2D eigenvalue weighted by Crippen LogP contribution is 1.87. The lowest BCUT2D eigenvalue weighted by molar-refractivity contribution is -0.152. The molecule has 0 fully saturated rings. The summed E-state index contributed by atoms with van der Waals surface area (Å²) < 4.78 is 4.13. The molecule has 0 aromatic carbocycles. The van der Waals surface area contributed by atoms with E-state index in [1.54, 1.807) is 0 Å². The summed E-state index contributed by atoms with van der Waals surface area (Å²) in [6, 6.07) is 0. The van der Waals surface area contributed by atoms with Gasteiger partial charge in [-0.15, -0.1) is 0 Å². The van der Waals surface area contributed by atoms with Crippen LogP contribution in [0.5, 0.6) is 0 Å². The van der Waals surface area contributed by atoms with E-state index in [-0.39, 0.29) is 13.2 Å². The third-order valence-electron chi connectivity index (χ3n) is 1.39. The molecule has 0 rings (SSSR count). The second-order valence-electron chi connectivity index (χ2n) is 2.52. The fourth-order valence-corrected chi connectivity index (χ4v) is 0.701. The van der Waals surface area contributed by atoms with Crippen LogP contribution in [0.1, 0.15) is 12.8 Å². The highest BCUT2D eigenvalue weighted by Gasteiger charge is 2.17. The summed E-state index contributed by atoms with van der Waals surface area (Å²) in [6.07, 6.45) is -0.101. The van der Waals surface area contributed by atoms with Gasteiger partial charge < -0.3 is 15.2 Å². The molecule has 0 aromatic rings. The van der Waals surface area contributed by atoms with Gasteiger partial charge in [-0.3, -0.25) is 9.59 Å². The molecule has 0 atom stereocenters. The molecule has 0 saturated heterocycles. The van der Waals surface area contributed by atoms with Gasteiger partial charge in [0.2, 0.25) is 11.7 Å². The van der Waals surface area contributed by atoms with Crippen LogP contribution in [-0.4, -0.2) is 43.0 Å². The lowest BCUT2D eigenvalue weighted by atomic mass is 10.2. The fourth-order valence-electron chi connectivity index (χ4n) is 0.701. The Bertz CT molecular complexity index is 226. The average molecular weight is 203 g/mol. The molecular formula is C8H13NO5. The summed E-state index contributed by atoms with van der Waals surface area (Å²) >= 11 is 0. The molecule has 0 unspecified atom stereocenters. The van der Waals surface area contributed by atoms with Crippen molar-refractivity contribution < 1.29 is 24.2 Å². The number of amides is 1. The van der Waals surface area contributed by atoms with E-state index in [4.69, 9.17) is 5.11 Å². The Kier molecular flexibility index (Phi) is 6.30. The number of rotatable bonds is 6. The first-order chi connectivity index (χ1) is 6.61. The predicted octanol–water partition coefficient (Wildman–Crippen LogP) is -1.38. The predicted molar refractivity (Wildman–Crippen MR) is 46.4 cm³/mol. The first-order valence-corrected chi connectivity index (χ1v) is 4.10. The third kappa shape index (κ3) is 5.26. The number of esters is 1. The van der Waals surface area contributed by atoms with E-state index in [2.05, 4.69) is 10.1 Å². The van der Waals surface area contributed by atoms with E-state index in [0.29, 0.717) is 6.42 Å². The highest BCUT2D eigenvalue weighted by atomic mass is 16.5. The molecule has 0 spiro atoms. The number of nitrogens with one attached hydrogen (secondary N) is 1. The van der Waals surface area contributed by atoms with Crippen molar-refractivity contribution in [3.05, 3.63) is 0 Å². The second kappa shape index (κ2) is 7.02. The van der Waals surface area contributed by atoms with Gasteiger partial charge in [-0.1, -0.05) is 0 Å². The number of Topliss-reactive ketones (excluding diaryl/α,β-unsaturated/α-hetero) is 1. The number of ketones is 1. The van der Waals surface area contributed by atoms with Gasteiger partial charge in [0.25, 0.3) is 0 Å². The number of methoxy groups -OCH3 is 1. The fraction of sp³-hybridized carbons (Fsp3) is 0.625. The summed E-state index contributed by atoms with van der Waals surface area (Å²) in [7, 11) is 1.07. The van der Waals surface area contributed by atoms with Crippen molar-refractivity contribution in [2.75, 3.05) is 20.3 Å². The molecule has 0 bridgehead atoms. The molecule has 80 valence electrons. The van der Waals surface area contributed by atoms with Crippen molar-refractivity contribution in [3.63, 3.8) is 0 Å². The van der Waals surface area contributed by atoms with E-state index in [9.17, 15) is 14.4 Å². The minimum absolute atomic E-state index is 0.0365. The first kappa shape index (κ1) is 12.6. The molecular weight excluding hydrogens is 190 g/mol. The lowest BCUT2D eigenvalue weighted by Crippen LogP contribution is -2.29. The van der Waals surface area contributed by atoms with Crippen molar-refractivity contribution in [2.45, 2.75) is 12.8 Å². The molecule has 0 aliphatic rings. The molecule has 0 aromatic heterocycles. The SMILES string of the molecule is COC(=O)C(=O)CC(=O)NCCCO. The maximum Gasteiger partial charge on any atom is 0.374 e. The Labute approximate surface area is 81.2 Å². The van der Waals surface area contributed by atoms with E-state index in [1.807, 2.05) is 0 Å². The largest absolute Gasteiger partial charge is 0.463 e. The number of aliphatic hydroxyl groups is 1. The number of hydrogen-bond acceptors (Lipinski definition) is 5. The van der Waals surface area contributed by atoms with Gasteiger partial charge in [-0.25, -0.2) is 4.79 Å². The zero-order valence-corrected chi connectivity index (χ0v) is 7.91. The van der Waals surface area contributed by atoms with Gasteiger partial charge in [-0.2, -0.15) is 0 Å². The number of ether oxygens (including phenoxy) is 1. The van der Waals surface area contributed by atoms with E-state index in [1.165, 1.54) is 0 Å². The number of carbonyl (C=O) groups is 3. The number of hydrogen-bond donors (Lipinski definition) is 2. The first-order valence-electron chi connectivity index (χ1n) is 4.10. The average Bonchev–Trinajstić information content (AvgIpc) is 2.16. The molecule has 14 heavy (non-hydrogen) atoms. The van der Waals surface area contributed by atoms with Crippen LogP contribution in [-0.2, 0) is 19.1 Å². The summed E-state index contributed by atoms with van der Waals surface area (Å²) in [4.78, 5) is 32.3. The van der Waals surface area contributed by atoms with E-state index >= 15 is 0 Å². The highest BCUT2D eigenvalue weighted by molar-refractivity contribution is 6.36. The van der Waals surface area contributed by atoms with Gasteiger partial charge in [0.15, 0.2) is 0 Å². The zero-order chi connectivity index (χ0) is 11.0. The Hall–Kier alpha value is -1.43. The van der Waals surface area contributed by atoms with Gasteiger partial charge in [-0.05, 0) is 6.42 Å². The minimum Gasteiger partial charge on any atom is -0.463 e. The third-order valence-corrected chi connectivity index (χ3v) is 1.39. The van der Waals surface area contributed by atoms with Crippen LogP contribution in [0.4, 0.5) is 0 Å². The quantitative estimate of drug-likeness (QED) is 0.240. The number of aliphatic hydroxyl groups excluding tert-OH is 1. The lowest BCUT2D eigenvalue weighted by Gasteiger charge is -2.02. The van der Waals surface area contributed by atoms with Crippen molar-refractivity contribution in [3.8, 4) is 0 Å². The van der Waals surface area contributed by atoms with E-state index < -0.39 is 24.1 Å². The standard InChI is InChI=1S/C8H13NO5/c1-14-8(13)6(11)5-7(12)9-3-2-4-10/h10H,2-5H2,1H3,(H,9,12). The Balaban J connectivity index is 3.72. The zero-order valence-electron chi connectivity index (χ0n) is 7.91. The molecule has 6 heteroatoms. The van der Waals surface area contributed by atoms with Gasteiger partial charge >= 0.3 is 5.97 Å². The Morgan fingerprint density at radius 1 is 1.36 bits per heavy atom. The minimum atomic E-state index is -1.03. The monoisotopic (exact) mass is 203 g/mol. The molecule has 6 nitrogen and oxygen atoms in total. The van der Waals surface area contributed by atoms with Crippen molar-refractivity contribution >= 4 is 17.7 Å². The summed E-state index contributed by atoms with van der Waals surface area (Å²) in [5, 5.41) is 10.8. The maximum atomic E-state index is 10.9. The van der Waals surface area contributed by atoms with E-state index in [0.717, 1.165) is 7.11 Å². The van der Waals surface area contributed by atoms with Gasteiger partial charge in [0.05, 0.1) is 13.5 Å². The molecule has 1 amide bonds. The van der Waals surface area contributed by atoms with Crippen LogP contribution in [0.15, 0.2) is 0 Å². The van der Waals surface area contributed by atoms with Gasteiger partial charge in [0, 0.05) is 13.2 Å². The van der Waals surface area contributed by atoms with Crippen molar-refractivity contribution in [1.29, 1.82) is 0 Å². The summed E-state index contributed by atoms with van der Waals surface area (Å²) in [5.74, 6) is -2.45. The molecule has 2 N–H and O–H groups in total. The Morgan fingerprint density at radius 3 is 2.50 bits per heavy atom. The summed E-state index contributed by atoms with van der Waals surface area (Å²) in [6.45, 7) is 0.245. The van der Waals surface area contributed by atoms with Crippen LogP contribution in [0.25, 0.3) is 0 Å². The molecule has 0 aliphatic carbocycles.